The van der Waals surface area contributed by atoms with E-state index in [4.69, 9.17) is 0 Å². The van der Waals surface area contributed by atoms with Gasteiger partial charge in [0.2, 0.25) is 11.7 Å². The maximum Gasteiger partial charge on any atom is 0.333 e. The number of nitro groups is 1. The average Bonchev–Trinajstić information content (AvgIpc) is 2.70. The Morgan fingerprint density at radius 3 is 2.81 bits per heavy atom. The van der Waals surface area contributed by atoms with Crippen molar-refractivity contribution in [1.82, 2.24) is 14.7 Å². The minimum atomic E-state index is -0.394. The summed E-state index contributed by atoms with van der Waals surface area (Å²) >= 11 is 0. The van der Waals surface area contributed by atoms with Crippen LogP contribution in [0.1, 0.15) is 31.9 Å². The van der Waals surface area contributed by atoms with Crippen LogP contribution < -0.4 is 5.32 Å². The Balaban J connectivity index is 2.25. The maximum absolute atomic E-state index is 11.5. The van der Waals surface area contributed by atoms with E-state index in [0.29, 0.717) is 37.4 Å². The number of piperidine rings is 1. The Kier molecular flexibility index (Phi) is 4.44. The smallest absolute Gasteiger partial charge is 0.333 e. The van der Waals surface area contributed by atoms with E-state index in [2.05, 4.69) is 10.4 Å². The highest BCUT2D eigenvalue weighted by Gasteiger charge is 2.29. The van der Waals surface area contributed by atoms with Crippen LogP contribution in [0.3, 0.4) is 0 Å². The summed E-state index contributed by atoms with van der Waals surface area (Å²) in [5.74, 6) is 0.563. The van der Waals surface area contributed by atoms with Gasteiger partial charge in [0.1, 0.15) is 5.69 Å². The van der Waals surface area contributed by atoms with Crippen molar-refractivity contribution in [1.29, 1.82) is 0 Å². The van der Waals surface area contributed by atoms with Crippen LogP contribution in [0, 0.1) is 17.0 Å². The number of carbonyl (C=O) groups is 1. The number of aromatic nitrogens is 2. The Labute approximate surface area is 123 Å². The van der Waals surface area contributed by atoms with Gasteiger partial charge in [0, 0.05) is 32.6 Å². The number of hydrogen-bond acceptors (Lipinski definition) is 5. The topological polar surface area (TPSA) is 93.3 Å². The van der Waals surface area contributed by atoms with Gasteiger partial charge in [-0.25, -0.2) is 4.68 Å². The molecule has 0 aromatic carbocycles. The summed E-state index contributed by atoms with van der Waals surface area (Å²) in [6.07, 6.45) is 1.98. The van der Waals surface area contributed by atoms with E-state index in [1.807, 2.05) is 6.92 Å². The molecule has 0 spiro atoms. The Hall–Kier alpha value is -2.12. The summed E-state index contributed by atoms with van der Waals surface area (Å²) in [6.45, 7) is 4.82. The summed E-state index contributed by atoms with van der Waals surface area (Å²) in [7, 11) is 1.75. The average molecular weight is 295 g/mol. The van der Waals surface area contributed by atoms with Crippen molar-refractivity contribution < 1.29 is 9.72 Å². The van der Waals surface area contributed by atoms with Crippen LogP contribution in [-0.4, -0.2) is 45.1 Å². The van der Waals surface area contributed by atoms with Crippen molar-refractivity contribution in [3.8, 4) is 0 Å². The molecule has 1 N–H and O–H groups in total. The third-order valence-corrected chi connectivity index (χ3v) is 3.68. The Morgan fingerprint density at radius 1 is 1.52 bits per heavy atom. The van der Waals surface area contributed by atoms with Crippen molar-refractivity contribution in [3.05, 3.63) is 15.8 Å². The minimum absolute atomic E-state index is 0.0121. The number of rotatable bonds is 5. The van der Waals surface area contributed by atoms with Gasteiger partial charge in [-0.3, -0.25) is 14.9 Å². The van der Waals surface area contributed by atoms with Crippen molar-refractivity contribution >= 4 is 17.4 Å². The van der Waals surface area contributed by atoms with Gasteiger partial charge >= 0.3 is 5.69 Å². The number of nitrogens with one attached hydrogen (secondary N) is 1. The largest absolute Gasteiger partial charge is 0.360 e. The summed E-state index contributed by atoms with van der Waals surface area (Å²) in [5.41, 5.74) is 0.444. The third-order valence-electron chi connectivity index (χ3n) is 3.68. The molecule has 2 rings (SSSR count). The molecule has 1 atom stereocenters. The van der Waals surface area contributed by atoms with E-state index < -0.39 is 4.92 Å². The first-order valence-corrected chi connectivity index (χ1v) is 7.16. The molecule has 1 fully saturated rings. The van der Waals surface area contributed by atoms with E-state index in [1.54, 1.807) is 23.6 Å². The normalized spacial score (nSPS) is 18.9. The van der Waals surface area contributed by atoms with Crippen LogP contribution in [-0.2, 0) is 11.3 Å². The molecule has 1 aliphatic heterocycles. The first-order chi connectivity index (χ1) is 9.93. The highest BCUT2D eigenvalue weighted by Crippen LogP contribution is 2.30. The summed E-state index contributed by atoms with van der Waals surface area (Å²) in [6, 6.07) is 0.0121. The molecule has 21 heavy (non-hydrogen) atoms. The van der Waals surface area contributed by atoms with Gasteiger partial charge in [0.15, 0.2) is 0 Å². The predicted molar refractivity (Wildman–Crippen MR) is 78.2 cm³/mol. The van der Waals surface area contributed by atoms with E-state index in [0.717, 1.165) is 6.42 Å². The SMILES string of the molecule is CCCn1nc(C)c([N+](=O)[O-])c1NC1CCC(=O)N(C)C1. The van der Waals surface area contributed by atoms with Crippen LogP contribution in [0.15, 0.2) is 0 Å². The van der Waals surface area contributed by atoms with E-state index >= 15 is 0 Å². The number of hydrogen-bond donors (Lipinski definition) is 1. The zero-order chi connectivity index (χ0) is 15.6. The molecule has 0 bridgehead atoms. The van der Waals surface area contributed by atoms with Crippen LogP contribution in [0.4, 0.5) is 11.5 Å². The summed E-state index contributed by atoms with van der Waals surface area (Å²) < 4.78 is 1.66. The lowest BCUT2D eigenvalue weighted by Crippen LogP contribution is -2.43. The molecule has 0 aliphatic carbocycles. The van der Waals surface area contributed by atoms with Crippen molar-refractivity contribution in [3.63, 3.8) is 0 Å². The summed E-state index contributed by atoms with van der Waals surface area (Å²) in [4.78, 5) is 24.0. The highest BCUT2D eigenvalue weighted by molar-refractivity contribution is 5.77. The fourth-order valence-electron chi connectivity index (χ4n) is 2.63. The van der Waals surface area contributed by atoms with Gasteiger partial charge in [-0.1, -0.05) is 6.92 Å². The predicted octanol–water partition coefficient (Wildman–Crippen LogP) is 1.54. The number of nitrogens with zero attached hydrogens (tertiary/aromatic N) is 4. The van der Waals surface area contributed by atoms with Gasteiger partial charge in [-0.15, -0.1) is 0 Å². The fraction of sp³-hybridized carbons (Fsp3) is 0.692. The van der Waals surface area contributed by atoms with Gasteiger partial charge in [-0.2, -0.15) is 5.10 Å². The molecule has 1 aromatic heterocycles. The number of likely N-dealkylation sites (tertiary alicyclic amines) is 1. The number of aryl methyl sites for hydroxylation is 2. The zero-order valence-corrected chi connectivity index (χ0v) is 12.6. The maximum atomic E-state index is 11.5. The van der Waals surface area contributed by atoms with Crippen molar-refractivity contribution in [2.75, 3.05) is 18.9 Å². The highest BCUT2D eigenvalue weighted by atomic mass is 16.6. The first kappa shape index (κ1) is 15.3. The second kappa shape index (κ2) is 6.11. The molecular formula is C13H21N5O3. The molecule has 1 aromatic rings. The lowest BCUT2D eigenvalue weighted by molar-refractivity contribution is -0.384. The molecule has 8 nitrogen and oxygen atoms in total. The molecule has 1 saturated heterocycles. The molecule has 1 unspecified atom stereocenters. The molecule has 0 saturated carbocycles. The van der Waals surface area contributed by atoms with E-state index in [1.165, 1.54) is 0 Å². The number of carbonyl (C=O) groups excluding carboxylic acids is 1. The fourth-order valence-corrected chi connectivity index (χ4v) is 2.63. The van der Waals surface area contributed by atoms with Crippen LogP contribution in [0.25, 0.3) is 0 Å². The van der Waals surface area contributed by atoms with Crippen LogP contribution in [0.2, 0.25) is 0 Å². The van der Waals surface area contributed by atoms with Gasteiger partial charge in [0.05, 0.1) is 4.92 Å². The molecule has 2 heterocycles. The van der Waals surface area contributed by atoms with Crippen molar-refractivity contribution in [2.24, 2.45) is 0 Å². The number of anilines is 1. The van der Waals surface area contributed by atoms with Gasteiger partial charge in [0.25, 0.3) is 0 Å². The van der Waals surface area contributed by atoms with E-state index in [-0.39, 0.29) is 17.6 Å². The molecular weight excluding hydrogens is 274 g/mol. The lowest BCUT2D eigenvalue weighted by atomic mass is 10.1. The molecule has 8 heteroatoms. The van der Waals surface area contributed by atoms with E-state index in [9.17, 15) is 14.9 Å². The quantitative estimate of drug-likeness (QED) is 0.657. The minimum Gasteiger partial charge on any atom is -0.360 e. The van der Waals surface area contributed by atoms with Gasteiger partial charge in [-0.05, 0) is 19.8 Å². The molecule has 1 aliphatic rings. The second-order valence-electron chi connectivity index (χ2n) is 5.42. The third kappa shape index (κ3) is 3.14. The lowest BCUT2D eigenvalue weighted by Gasteiger charge is -2.30. The summed E-state index contributed by atoms with van der Waals surface area (Å²) in [5, 5.41) is 18.7. The van der Waals surface area contributed by atoms with Crippen molar-refractivity contribution in [2.45, 2.75) is 45.7 Å². The first-order valence-electron chi connectivity index (χ1n) is 7.16. The number of amides is 1. The molecule has 1 amide bonds. The number of likely N-dealkylation sites (N-methyl/N-ethyl adjacent to an activating group) is 1. The molecule has 116 valence electrons. The Morgan fingerprint density at radius 2 is 2.24 bits per heavy atom. The monoisotopic (exact) mass is 295 g/mol. The second-order valence-corrected chi connectivity index (χ2v) is 5.42. The standard InChI is InChI=1S/C13H21N5O3/c1-4-7-17-13(12(18(20)21)9(2)15-17)14-10-5-6-11(19)16(3)8-10/h10,14H,4-8H2,1-3H3. The van der Waals surface area contributed by atoms with Crippen LogP contribution in [0.5, 0.6) is 0 Å². The Bertz CT molecular complexity index is 554. The molecule has 0 radical (unpaired) electrons. The van der Waals surface area contributed by atoms with Gasteiger partial charge < -0.3 is 10.2 Å². The van der Waals surface area contributed by atoms with Crippen LogP contribution >= 0.6 is 0 Å². The zero-order valence-electron chi connectivity index (χ0n) is 12.6.